The highest BCUT2D eigenvalue weighted by molar-refractivity contribution is 5.92. The van der Waals surface area contributed by atoms with Crippen LogP contribution in [0, 0.1) is 0 Å². The Hall–Kier alpha value is -3.87. The monoisotopic (exact) mass is 418 g/mol. The van der Waals surface area contributed by atoms with Gasteiger partial charge in [0, 0.05) is 19.2 Å². The average molecular weight is 418 g/mol. The molecule has 0 N–H and O–H groups in total. The van der Waals surface area contributed by atoms with E-state index in [9.17, 15) is 9.59 Å². The molecule has 7 heteroatoms. The zero-order valence-electron chi connectivity index (χ0n) is 17.1. The highest BCUT2D eigenvalue weighted by Gasteiger charge is 2.22. The molecule has 7 nitrogen and oxygen atoms in total. The lowest BCUT2D eigenvalue weighted by Crippen LogP contribution is -2.42. The summed E-state index contributed by atoms with van der Waals surface area (Å²) >= 11 is 0. The molecule has 0 atom stereocenters. The second-order valence-corrected chi connectivity index (χ2v) is 7.09. The number of methoxy groups -OCH3 is 1. The van der Waals surface area contributed by atoms with Crippen molar-refractivity contribution >= 4 is 11.9 Å². The molecule has 1 aromatic heterocycles. The molecule has 0 spiro atoms. The first-order valence-electron chi connectivity index (χ1n) is 9.96. The maximum atomic E-state index is 12.2. The summed E-state index contributed by atoms with van der Waals surface area (Å²) in [5, 5.41) is 0. The molecule has 3 aromatic rings. The first kappa shape index (κ1) is 20.4. The minimum Gasteiger partial charge on any atom is -0.489 e. The van der Waals surface area contributed by atoms with E-state index in [0.717, 1.165) is 25.1 Å². The summed E-state index contributed by atoms with van der Waals surface area (Å²) in [5.74, 6) is 0.732. The van der Waals surface area contributed by atoms with E-state index in [-0.39, 0.29) is 5.91 Å². The highest BCUT2D eigenvalue weighted by atomic mass is 16.5. The van der Waals surface area contributed by atoms with Gasteiger partial charge in [0.25, 0.3) is 5.91 Å². The van der Waals surface area contributed by atoms with Gasteiger partial charge < -0.3 is 19.1 Å². The van der Waals surface area contributed by atoms with Gasteiger partial charge in [-0.05, 0) is 36.2 Å². The molecule has 2 heterocycles. The van der Waals surface area contributed by atoms with Gasteiger partial charge in [0.1, 0.15) is 29.5 Å². The van der Waals surface area contributed by atoms with Gasteiger partial charge in [0.05, 0.1) is 18.9 Å². The van der Waals surface area contributed by atoms with Crippen LogP contribution in [0.25, 0.3) is 0 Å². The van der Waals surface area contributed by atoms with E-state index in [1.807, 2.05) is 30.3 Å². The largest absolute Gasteiger partial charge is 0.489 e. The number of esters is 1. The van der Waals surface area contributed by atoms with Crippen molar-refractivity contribution in [2.45, 2.75) is 13.0 Å². The molecule has 1 aliphatic rings. The third-order valence-electron chi connectivity index (χ3n) is 4.88. The summed E-state index contributed by atoms with van der Waals surface area (Å²) in [4.78, 5) is 30.3. The molecule has 2 aromatic carbocycles. The molecular formula is C24H22N2O5. The number of likely N-dealkylation sites (tertiary alicyclic amines) is 1. The van der Waals surface area contributed by atoms with E-state index < -0.39 is 5.97 Å². The molecule has 1 saturated heterocycles. The lowest BCUT2D eigenvalue weighted by molar-refractivity contribution is 0.0598. The SMILES string of the molecule is COC(=O)c1cc(OCc2ccccc2)cc(Oc2ccc(C(=O)N3CCC3)nc2)c1. The lowest BCUT2D eigenvalue weighted by Gasteiger charge is -2.30. The number of carbonyl (C=O) groups is 2. The maximum absolute atomic E-state index is 12.2. The fraction of sp³-hybridized carbons (Fsp3) is 0.208. The number of aromatic nitrogens is 1. The highest BCUT2D eigenvalue weighted by Crippen LogP contribution is 2.28. The van der Waals surface area contributed by atoms with E-state index in [4.69, 9.17) is 14.2 Å². The number of nitrogens with zero attached hydrogens (tertiary/aromatic N) is 2. The number of pyridine rings is 1. The van der Waals surface area contributed by atoms with Crippen LogP contribution in [0.3, 0.4) is 0 Å². The van der Waals surface area contributed by atoms with Crippen LogP contribution in [0.4, 0.5) is 0 Å². The van der Waals surface area contributed by atoms with E-state index in [1.54, 1.807) is 35.2 Å². The van der Waals surface area contributed by atoms with Crippen molar-refractivity contribution in [3.05, 3.63) is 83.7 Å². The van der Waals surface area contributed by atoms with E-state index in [0.29, 0.717) is 35.1 Å². The topological polar surface area (TPSA) is 78.0 Å². The van der Waals surface area contributed by atoms with Gasteiger partial charge in [0.15, 0.2) is 0 Å². The third kappa shape index (κ3) is 5.01. The van der Waals surface area contributed by atoms with E-state index in [2.05, 4.69) is 4.98 Å². The molecule has 0 saturated carbocycles. The number of rotatable bonds is 7. The molecule has 0 radical (unpaired) electrons. The third-order valence-corrected chi connectivity index (χ3v) is 4.88. The quantitative estimate of drug-likeness (QED) is 0.538. The zero-order valence-corrected chi connectivity index (χ0v) is 17.1. The number of carbonyl (C=O) groups excluding carboxylic acids is 2. The molecule has 4 rings (SSSR count). The van der Waals surface area contributed by atoms with Gasteiger partial charge in [-0.3, -0.25) is 4.79 Å². The summed E-state index contributed by atoms with van der Waals surface area (Å²) in [5.41, 5.74) is 1.68. The number of hydrogen-bond acceptors (Lipinski definition) is 6. The Morgan fingerprint density at radius 2 is 1.74 bits per heavy atom. The molecular weight excluding hydrogens is 396 g/mol. The van der Waals surface area contributed by atoms with Crippen molar-refractivity contribution < 1.29 is 23.8 Å². The van der Waals surface area contributed by atoms with Crippen LogP contribution in [0.2, 0.25) is 0 Å². The molecule has 1 amide bonds. The van der Waals surface area contributed by atoms with Gasteiger partial charge in [-0.2, -0.15) is 0 Å². The van der Waals surface area contributed by atoms with Gasteiger partial charge in [-0.15, -0.1) is 0 Å². The molecule has 0 bridgehead atoms. The molecule has 0 unspecified atom stereocenters. The van der Waals surface area contributed by atoms with Crippen LogP contribution in [-0.4, -0.2) is 42.0 Å². The van der Waals surface area contributed by atoms with Crippen molar-refractivity contribution in [3.8, 4) is 17.2 Å². The predicted octanol–water partition coefficient (Wildman–Crippen LogP) is 4.09. The Kier molecular flexibility index (Phi) is 6.12. The standard InChI is InChI=1S/C24H22N2O5/c1-29-24(28)18-12-20(30-16-17-6-3-2-4-7-17)14-21(13-18)31-19-8-9-22(25-15-19)23(27)26-10-5-11-26/h2-4,6-9,12-15H,5,10-11,16H2,1H3. The minimum atomic E-state index is -0.497. The number of amides is 1. The molecule has 1 fully saturated rings. The second-order valence-electron chi connectivity index (χ2n) is 7.09. The number of hydrogen-bond donors (Lipinski definition) is 0. The Balaban J connectivity index is 1.50. The average Bonchev–Trinajstić information content (AvgIpc) is 2.77. The Labute approximate surface area is 180 Å². The Morgan fingerprint density at radius 3 is 2.39 bits per heavy atom. The van der Waals surface area contributed by atoms with Crippen LogP contribution < -0.4 is 9.47 Å². The lowest BCUT2D eigenvalue weighted by atomic mass is 10.2. The molecule has 1 aliphatic heterocycles. The van der Waals surface area contributed by atoms with Crippen molar-refractivity contribution in [1.82, 2.24) is 9.88 Å². The fourth-order valence-corrected chi connectivity index (χ4v) is 3.08. The van der Waals surface area contributed by atoms with Gasteiger partial charge in [-0.25, -0.2) is 9.78 Å². The first-order chi connectivity index (χ1) is 15.1. The second kappa shape index (κ2) is 9.30. The van der Waals surface area contributed by atoms with Gasteiger partial charge >= 0.3 is 5.97 Å². The summed E-state index contributed by atoms with van der Waals surface area (Å²) in [6.45, 7) is 1.88. The normalized spacial score (nSPS) is 12.6. The smallest absolute Gasteiger partial charge is 0.338 e. The summed E-state index contributed by atoms with van der Waals surface area (Å²) in [6, 6.07) is 17.9. The fourth-order valence-electron chi connectivity index (χ4n) is 3.08. The first-order valence-corrected chi connectivity index (χ1v) is 9.96. The summed E-state index contributed by atoms with van der Waals surface area (Å²) in [7, 11) is 1.32. The minimum absolute atomic E-state index is 0.0814. The van der Waals surface area contributed by atoms with Crippen molar-refractivity contribution in [2.24, 2.45) is 0 Å². The van der Waals surface area contributed by atoms with Crippen LogP contribution in [-0.2, 0) is 11.3 Å². The Morgan fingerprint density at radius 1 is 0.968 bits per heavy atom. The van der Waals surface area contributed by atoms with Crippen molar-refractivity contribution in [1.29, 1.82) is 0 Å². The van der Waals surface area contributed by atoms with Crippen LogP contribution in [0.1, 0.15) is 32.8 Å². The van der Waals surface area contributed by atoms with Gasteiger partial charge in [0.2, 0.25) is 0 Å². The van der Waals surface area contributed by atoms with Gasteiger partial charge in [-0.1, -0.05) is 30.3 Å². The zero-order chi connectivity index (χ0) is 21.6. The number of ether oxygens (including phenoxy) is 3. The van der Waals surface area contributed by atoms with Crippen LogP contribution >= 0.6 is 0 Å². The van der Waals surface area contributed by atoms with E-state index in [1.165, 1.54) is 13.3 Å². The number of benzene rings is 2. The van der Waals surface area contributed by atoms with Crippen molar-refractivity contribution in [2.75, 3.05) is 20.2 Å². The Bertz CT molecular complexity index is 1060. The molecule has 0 aliphatic carbocycles. The van der Waals surface area contributed by atoms with Crippen molar-refractivity contribution in [3.63, 3.8) is 0 Å². The summed E-state index contributed by atoms with van der Waals surface area (Å²) < 4.78 is 16.5. The predicted molar refractivity (Wildman–Crippen MR) is 113 cm³/mol. The molecule has 31 heavy (non-hydrogen) atoms. The van der Waals surface area contributed by atoms with E-state index >= 15 is 0 Å². The van der Waals surface area contributed by atoms with Crippen LogP contribution in [0.5, 0.6) is 17.2 Å². The maximum Gasteiger partial charge on any atom is 0.338 e. The van der Waals surface area contributed by atoms with Crippen LogP contribution in [0.15, 0.2) is 66.9 Å². The molecule has 158 valence electrons. The summed E-state index contributed by atoms with van der Waals surface area (Å²) in [6.07, 6.45) is 2.51.